The van der Waals surface area contributed by atoms with Crippen molar-refractivity contribution in [3.63, 3.8) is 0 Å². The number of ether oxygens (including phenoxy) is 1. The second kappa shape index (κ2) is 15.2. The number of likely N-dealkylation sites (tertiary alicyclic amines) is 1. The molecule has 0 bridgehead atoms. The predicted molar refractivity (Wildman–Crippen MR) is 203 cm³/mol. The Morgan fingerprint density at radius 1 is 1.00 bits per heavy atom. The minimum absolute atomic E-state index is 0.138. The van der Waals surface area contributed by atoms with Crippen LogP contribution in [-0.2, 0) is 33.9 Å². The number of benzene rings is 1. The van der Waals surface area contributed by atoms with E-state index in [4.69, 9.17) is 4.74 Å². The predicted octanol–water partition coefficient (Wildman–Crippen LogP) is 4.00. The number of fused-ring (bicyclic) bond motifs is 4. The lowest BCUT2D eigenvalue weighted by atomic mass is 9.92. The van der Waals surface area contributed by atoms with Gasteiger partial charge in [0.15, 0.2) is 0 Å². The smallest absolute Gasteiger partial charge is 0.307 e. The van der Waals surface area contributed by atoms with E-state index in [1.807, 2.05) is 36.4 Å². The molecule has 2 aliphatic carbocycles. The van der Waals surface area contributed by atoms with Gasteiger partial charge in [-0.3, -0.25) is 33.7 Å². The molecule has 14 heteroatoms. The Morgan fingerprint density at radius 3 is 2.53 bits per heavy atom. The quantitative estimate of drug-likeness (QED) is 0.312. The highest BCUT2D eigenvalue weighted by Gasteiger charge is 2.63. The van der Waals surface area contributed by atoms with E-state index < -0.39 is 68.0 Å². The number of carbonyl (C=O) groups is 5. The third-order valence-electron chi connectivity index (χ3n) is 11.5. The van der Waals surface area contributed by atoms with Crippen molar-refractivity contribution < 1.29 is 37.1 Å². The van der Waals surface area contributed by atoms with Crippen LogP contribution in [0.25, 0.3) is 11.3 Å². The van der Waals surface area contributed by atoms with Crippen molar-refractivity contribution in [1.82, 2.24) is 24.8 Å². The molecule has 2 saturated heterocycles. The average Bonchev–Trinajstić information content (AvgIpc) is 4.04. The Bertz CT molecular complexity index is 1980. The van der Waals surface area contributed by atoms with Crippen LogP contribution in [-0.4, -0.2) is 94.9 Å². The fraction of sp³-hybridized carbons (Fsp3) is 0.561. The number of sulfonamides is 1. The first-order valence-corrected chi connectivity index (χ1v) is 21.1. The van der Waals surface area contributed by atoms with Gasteiger partial charge >= 0.3 is 5.97 Å². The molecule has 4 fully saturated rings. The van der Waals surface area contributed by atoms with Gasteiger partial charge in [-0.1, -0.05) is 43.2 Å². The highest BCUT2D eigenvalue weighted by Crippen LogP contribution is 2.47. The van der Waals surface area contributed by atoms with Crippen LogP contribution in [0, 0.1) is 23.7 Å². The first-order valence-electron chi connectivity index (χ1n) is 19.5. The van der Waals surface area contributed by atoms with Crippen molar-refractivity contribution in [2.24, 2.45) is 23.7 Å². The monoisotopic (exact) mass is 773 g/mol. The van der Waals surface area contributed by atoms with Gasteiger partial charge in [0.05, 0.1) is 17.4 Å². The number of allylic oxidation sites excluding steroid dienone is 1. The number of aromatic nitrogens is 1. The van der Waals surface area contributed by atoms with E-state index in [0.717, 1.165) is 24.1 Å². The van der Waals surface area contributed by atoms with E-state index in [1.165, 1.54) is 0 Å². The summed E-state index contributed by atoms with van der Waals surface area (Å²) in [7, 11) is -3.90. The van der Waals surface area contributed by atoms with E-state index in [9.17, 15) is 32.4 Å². The minimum Gasteiger partial charge on any atom is -0.460 e. The van der Waals surface area contributed by atoms with Crippen LogP contribution in [0.2, 0.25) is 0 Å². The second-order valence-electron chi connectivity index (χ2n) is 16.9. The summed E-state index contributed by atoms with van der Waals surface area (Å²) in [4.78, 5) is 77.9. The number of rotatable bonds is 7. The number of nitrogens with zero attached hydrogens (tertiary/aromatic N) is 3. The number of pyridine rings is 1. The molecule has 0 unspecified atom stereocenters. The van der Waals surface area contributed by atoms with Crippen molar-refractivity contribution in [3.05, 3.63) is 66.4 Å². The molecule has 2 N–H and O–H groups in total. The zero-order valence-corrected chi connectivity index (χ0v) is 32.6. The molecule has 0 radical (unpaired) electrons. The molecular formula is C41H51N5O8S. The van der Waals surface area contributed by atoms with Crippen LogP contribution in [0.1, 0.15) is 88.9 Å². The van der Waals surface area contributed by atoms with Gasteiger partial charge in [0.1, 0.15) is 17.2 Å². The Hall–Kier alpha value is -4.59. The summed E-state index contributed by atoms with van der Waals surface area (Å²) in [5.41, 5.74) is -0.248. The summed E-state index contributed by atoms with van der Waals surface area (Å²) in [5, 5.41) is 2.32. The van der Waals surface area contributed by atoms with Gasteiger partial charge in [-0.15, -0.1) is 0 Å². The van der Waals surface area contributed by atoms with Gasteiger partial charge in [-0.25, -0.2) is 8.42 Å². The largest absolute Gasteiger partial charge is 0.460 e. The van der Waals surface area contributed by atoms with E-state index in [2.05, 4.69) is 15.0 Å². The zero-order valence-electron chi connectivity index (χ0n) is 31.7. The zero-order chi connectivity index (χ0) is 39.1. The molecule has 294 valence electrons. The van der Waals surface area contributed by atoms with Crippen molar-refractivity contribution in [1.29, 1.82) is 0 Å². The third-order valence-corrected chi connectivity index (χ3v) is 13.3. The Kier molecular flexibility index (Phi) is 10.7. The second-order valence-corrected chi connectivity index (χ2v) is 18.8. The SMILES string of the molecule is CC(C)(C)OC(=O)C[C@H]1CCCCC/C=C\[C@@H]2C[C@@]2(C(=O)NS(=O)(=O)C2CC2)NC(=O)[C@@H]2[C@H]3CN(C(=O)c4cccc(-c5ccccn5)c4)C[C@H]3CN2C1=O. The molecule has 0 spiro atoms. The van der Waals surface area contributed by atoms with Crippen LogP contribution in [0.15, 0.2) is 60.8 Å². The fourth-order valence-corrected chi connectivity index (χ4v) is 9.84. The molecule has 2 aromatic rings. The molecule has 1 aromatic heterocycles. The van der Waals surface area contributed by atoms with Gasteiger partial charge in [-0.05, 0) is 83.6 Å². The normalized spacial score (nSPS) is 29.1. The lowest BCUT2D eigenvalue weighted by molar-refractivity contribution is -0.159. The van der Waals surface area contributed by atoms with Crippen LogP contribution in [0.4, 0.5) is 0 Å². The average molecular weight is 774 g/mol. The third kappa shape index (κ3) is 8.48. The van der Waals surface area contributed by atoms with Crippen molar-refractivity contribution in [2.45, 2.75) is 101 Å². The van der Waals surface area contributed by atoms with E-state index in [-0.39, 0.29) is 43.7 Å². The molecule has 6 atom stereocenters. The number of esters is 1. The van der Waals surface area contributed by atoms with Gasteiger partial charge < -0.3 is 19.9 Å². The lowest BCUT2D eigenvalue weighted by Gasteiger charge is -2.33. The standard InChI is InChI=1S/C41H51N5O8S/c1-40(2,3)54-34(47)21-28-12-7-5-4-6-8-15-30-22-41(30,39(51)44-55(52,53)31-17-18-31)43-36(48)35-32-25-45(23-29(32)24-46(35)38(28)50)37(49)27-14-11-13-26(20-27)33-16-9-10-19-42-33/h8-11,13-16,19-20,28-32,35H,4-7,12,17-18,21-25H2,1-3H3,(H,43,48)(H,44,51)/b15-8-/t28-,29+,30-,32+,35+,41-/m1/s1. The first kappa shape index (κ1) is 38.7. The van der Waals surface area contributed by atoms with E-state index in [1.54, 1.807) is 55.0 Å². The summed E-state index contributed by atoms with van der Waals surface area (Å²) in [6, 6.07) is 11.7. The Balaban J connectivity index is 1.18. The molecule has 5 aliphatic rings. The lowest BCUT2D eigenvalue weighted by Crippen LogP contribution is -2.58. The summed E-state index contributed by atoms with van der Waals surface area (Å²) in [6.45, 7) is 5.99. The molecule has 7 rings (SSSR count). The molecule has 55 heavy (non-hydrogen) atoms. The number of carbonyl (C=O) groups excluding carboxylic acids is 5. The number of amides is 4. The van der Waals surface area contributed by atoms with E-state index >= 15 is 0 Å². The summed E-state index contributed by atoms with van der Waals surface area (Å²) in [6.07, 6.45) is 10.0. The first-order chi connectivity index (χ1) is 26.1. The summed E-state index contributed by atoms with van der Waals surface area (Å²) < 4.78 is 33.7. The van der Waals surface area contributed by atoms with Crippen molar-refractivity contribution >= 4 is 39.6 Å². The molecular weight excluding hydrogens is 723 g/mol. The molecule has 1 aromatic carbocycles. The van der Waals surface area contributed by atoms with Crippen LogP contribution in [0.3, 0.4) is 0 Å². The van der Waals surface area contributed by atoms with Crippen LogP contribution < -0.4 is 10.0 Å². The van der Waals surface area contributed by atoms with Gasteiger partial charge in [0.25, 0.3) is 11.8 Å². The number of nitrogens with one attached hydrogen (secondary N) is 2. The summed E-state index contributed by atoms with van der Waals surface area (Å²) in [5.74, 6) is -4.27. The highest BCUT2D eigenvalue weighted by molar-refractivity contribution is 7.91. The molecule has 3 aliphatic heterocycles. The molecule has 4 heterocycles. The maximum atomic E-state index is 14.7. The highest BCUT2D eigenvalue weighted by atomic mass is 32.2. The van der Waals surface area contributed by atoms with Crippen LogP contribution in [0.5, 0.6) is 0 Å². The fourth-order valence-electron chi connectivity index (χ4n) is 8.48. The summed E-state index contributed by atoms with van der Waals surface area (Å²) >= 11 is 0. The van der Waals surface area contributed by atoms with Gasteiger partial charge in [-0.2, -0.15) is 0 Å². The van der Waals surface area contributed by atoms with Gasteiger partial charge in [0.2, 0.25) is 21.8 Å². The molecule has 2 saturated carbocycles. The molecule has 4 amide bonds. The Morgan fingerprint density at radius 2 is 1.80 bits per heavy atom. The Labute approximate surface area is 322 Å². The topological polar surface area (TPSA) is 172 Å². The van der Waals surface area contributed by atoms with Gasteiger partial charge in [0, 0.05) is 60.6 Å². The van der Waals surface area contributed by atoms with Crippen LogP contribution >= 0.6 is 0 Å². The van der Waals surface area contributed by atoms with E-state index in [0.29, 0.717) is 44.2 Å². The molecule has 13 nitrogen and oxygen atoms in total. The maximum Gasteiger partial charge on any atom is 0.307 e. The number of hydrogen-bond acceptors (Lipinski definition) is 9. The maximum absolute atomic E-state index is 14.7. The minimum atomic E-state index is -3.90. The van der Waals surface area contributed by atoms with Crippen molar-refractivity contribution in [2.75, 3.05) is 19.6 Å². The van der Waals surface area contributed by atoms with Crippen molar-refractivity contribution in [3.8, 4) is 11.3 Å². The number of hydrogen-bond donors (Lipinski definition) is 2.